The lowest BCUT2D eigenvalue weighted by atomic mass is 10.3. The van der Waals surface area contributed by atoms with Gasteiger partial charge in [-0.05, 0) is 18.2 Å². The van der Waals surface area contributed by atoms with Crippen molar-refractivity contribution in [1.29, 1.82) is 0 Å². The number of H-pyrrole nitrogens is 1. The molecule has 0 unspecified atom stereocenters. The summed E-state index contributed by atoms with van der Waals surface area (Å²) in [7, 11) is 0. The first-order valence-corrected chi connectivity index (χ1v) is 3.85. The van der Waals surface area contributed by atoms with Gasteiger partial charge in [-0.25, -0.2) is 4.98 Å². The number of fused-ring (bicyclic) bond motifs is 1. The summed E-state index contributed by atoms with van der Waals surface area (Å²) in [6.07, 6.45) is 3.66. The highest BCUT2D eigenvalue weighted by Crippen LogP contribution is 2.05. The van der Waals surface area contributed by atoms with Crippen LogP contribution in [0.3, 0.4) is 0 Å². The molecular formula is C9H14N2. The lowest BCUT2D eigenvalue weighted by molar-refractivity contribution is 1.33. The van der Waals surface area contributed by atoms with Gasteiger partial charge < -0.3 is 4.98 Å². The van der Waals surface area contributed by atoms with Gasteiger partial charge in [-0.3, -0.25) is 0 Å². The molecule has 60 valence electrons. The molecule has 0 bridgehead atoms. The number of aromatic nitrogens is 2. The molecule has 0 amide bonds. The fraction of sp³-hybridized carbons (Fsp3) is 0.222. The van der Waals surface area contributed by atoms with Crippen LogP contribution in [0, 0.1) is 0 Å². The van der Waals surface area contributed by atoms with Gasteiger partial charge in [0.2, 0.25) is 0 Å². The van der Waals surface area contributed by atoms with Gasteiger partial charge in [-0.2, -0.15) is 0 Å². The van der Waals surface area contributed by atoms with Crippen molar-refractivity contribution in [3.63, 3.8) is 0 Å². The highest BCUT2D eigenvalue weighted by Gasteiger charge is 1.88. The topological polar surface area (TPSA) is 28.7 Å². The van der Waals surface area contributed by atoms with Crippen molar-refractivity contribution < 1.29 is 1.43 Å². The zero-order valence-electron chi connectivity index (χ0n) is 6.83. The fourth-order valence-corrected chi connectivity index (χ4v) is 0.883. The first kappa shape index (κ1) is 7.79. The number of nitrogens with zero attached hydrogens (tertiary/aromatic N) is 1. The van der Waals surface area contributed by atoms with Crippen molar-refractivity contribution >= 4 is 11.0 Å². The molecule has 11 heavy (non-hydrogen) atoms. The van der Waals surface area contributed by atoms with E-state index >= 15 is 0 Å². The monoisotopic (exact) mass is 150 g/mol. The highest BCUT2D eigenvalue weighted by molar-refractivity contribution is 5.74. The Kier molecular flexibility index (Phi) is 2.66. The van der Waals surface area contributed by atoms with E-state index in [9.17, 15) is 0 Å². The summed E-state index contributed by atoms with van der Waals surface area (Å²) in [6, 6.07) is 5.96. The SMILES string of the molecule is CC.[HH].c1cnc2[nH]ccc2c1. The molecule has 0 atom stereocenters. The average molecular weight is 150 g/mol. The minimum Gasteiger partial charge on any atom is -0.346 e. The average Bonchev–Trinajstić information content (AvgIpc) is 2.55. The fourth-order valence-electron chi connectivity index (χ4n) is 0.883. The Labute approximate surface area is 67.8 Å². The summed E-state index contributed by atoms with van der Waals surface area (Å²) < 4.78 is 0. The van der Waals surface area contributed by atoms with Gasteiger partial charge in [0, 0.05) is 19.2 Å². The molecule has 2 nitrogen and oxygen atoms in total. The summed E-state index contributed by atoms with van der Waals surface area (Å²) >= 11 is 0. The molecule has 2 aromatic rings. The molecule has 0 aromatic carbocycles. The van der Waals surface area contributed by atoms with Crippen molar-refractivity contribution in [3.05, 3.63) is 30.6 Å². The lowest BCUT2D eigenvalue weighted by Gasteiger charge is -1.82. The van der Waals surface area contributed by atoms with Gasteiger partial charge in [0.05, 0.1) is 0 Å². The zero-order valence-corrected chi connectivity index (χ0v) is 6.83. The molecule has 2 aromatic heterocycles. The standard InChI is InChI=1S/C7H6N2.C2H6.H2/c1-2-6-3-5-9-7(6)8-4-1;1-2;/h1-5H,(H,8,9);1-2H3;1H. The van der Waals surface area contributed by atoms with Crippen molar-refractivity contribution in [3.8, 4) is 0 Å². The van der Waals surface area contributed by atoms with Crippen LogP contribution < -0.4 is 0 Å². The van der Waals surface area contributed by atoms with Crippen LogP contribution in [0.15, 0.2) is 30.6 Å². The van der Waals surface area contributed by atoms with Gasteiger partial charge >= 0.3 is 0 Å². The number of pyridine rings is 1. The second-order valence-electron chi connectivity index (χ2n) is 1.92. The van der Waals surface area contributed by atoms with Gasteiger partial charge in [-0.1, -0.05) is 13.8 Å². The Morgan fingerprint density at radius 3 is 2.91 bits per heavy atom. The predicted octanol–water partition coefficient (Wildman–Crippen LogP) is 2.84. The van der Waals surface area contributed by atoms with Crippen LogP contribution in [0.25, 0.3) is 11.0 Å². The Morgan fingerprint density at radius 1 is 1.36 bits per heavy atom. The number of hydrogen-bond donors (Lipinski definition) is 1. The Hall–Kier alpha value is -1.31. The van der Waals surface area contributed by atoms with E-state index in [0.29, 0.717) is 0 Å². The smallest absolute Gasteiger partial charge is 0.137 e. The second-order valence-corrected chi connectivity index (χ2v) is 1.92. The van der Waals surface area contributed by atoms with E-state index < -0.39 is 0 Å². The second kappa shape index (κ2) is 3.76. The van der Waals surface area contributed by atoms with Gasteiger partial charge in [-0.15, -0.1) is 0 Å². The summed E-state index contributed by atoms with van der Waals surface area (Å²) in [5.41, 5.74) is 0.956. The predicted molar refractivity (Wildman–Crippen MR) is 49.6 cm³/mol. The molecule has 0 aliphatic carbocycles. The Morgan fingerprint density at radius 2 is 2.18 bits per heavy atom. The van der Waals surface area contributed by atoms with Gasteiger partial charge in [0.15, 0.2) is 0 Å². The minimum absolute atomic E-state index is 0. The lowest BCUT2D eigenvalue weighted by Crippen LogP contribution is -1.70. The van der Waals surface area contributed by atoms with Crippen molar-refractivity contribution in [2.24, 2.45) is 0 Å². The maximum atomic E-state index is 4.09. The molecule has 2 heterocycles. The van der Waals surface area contributed by atoms with Crippen LogP contribution in [0.5, 0.6) is 0 Å². The zero-order chi connectivity index (χ0) is 8.10. The van der Waals surface area contributed by atoms with Crippen LogP contribution in [0.4, 0.5) is 0 Å². The first-order valence-electron chi connectivity index (χ1n) is 3.85. The Bertz CT molecular complexity index is 287. The van der Waals surface area contributed by atoms with Crippen LogP contribution >= 0.6 is 0 Å². The maximum Gasteiger partial charge on any atom is 0.137 e. The van der Waals surface area contributed by atoms with Crippen LogP contribution in [0.2, 0.25) is 0 Å². The molecule has 0 radical (unpaired) electrons. The van der Waals surface area contributed by atoms with Crippen molar-refractivity contribution in [1.82, 2.24) is 9.97 Å². The summed E-state index contributed by atoms with van der Waals surface area (Å²) in [6.45, 7) is 4.00. The Balaban J connectivity index is 0.000000378. The largest absolute Gasteiger partial charge is 0.346 e. The molecule has 2 heteroatoms. The van der Waals surface area contributed by atoms with E-state index in [1.165, 1.54) is 0 Å². The number of hydrogen-bond acceptors (Lipinski definition) is 1. The van der Waals surface area contributed by atoms with E-state index in [1.807, 2.05) is 38.2 Å². The molecular weight excluding hydrogens is 136 g/mol. The third kappa shape index (κ3) is 1.58. The normalized spacial score (nSPS) is 8.91. The third-order valence-corrected chi connectivity index (χ3v) is 1.32. The summed E-state index contributed by atoms with van der Waals surface area (Å²) in [4.78, 5) is 7.09. The van der Waals surface area contributed by atoms with E-state index in [0.717, 1.165) is 11.0 Å². The molecule has 0 saturated carbocycles. The third-order valence-electron chi connectivity index (χ3n) is 1.32. The minimum atomic E-state index is 0. The van der Waals surface area contributed by atoms with Crippen LogP contribution in [-0.4, -0.2) is 9.97 Å². The molecule has 0 spiro atoms. The molecule has 2 rings (SSSR count). The molecule has 0 fully saturated rings. The van der Waals surface area contributed by atoms with Gasteiger partial charge in [0.25, 0.3) is 0 Å². The summed E-state index contributed by atoms with van der Waals surface area (Å²) in [5.74, 6) is 0. The maximum absolute atomic E-state index is 4.09. The quantitative estimate of drug-likeness (QED) is 0.614. The van der Waals surface area contributed by atoms with E-state index in [4.69, 9.17) is 0 Å². The van der Waals surface area contributed by atoms with E-state index in [2.05, 4.69) is 9.97 Å². The van der Waals surface area contributed by atoms with Gasteiger partial charge in [0.1, 0.15) is 5.65 Å². The number of aromatic amines is 1. The molecule has 1 N–H and O–H groups in total. The van der Waals surface area contributed by atoms with Crippen molar-refractivity contribution in [2.45, 2.75) is 13.8 Å². The number of rotatable bonds is 0. The molecule has 0 aliphatic rings. The van der Waals surface area contributed by atoms with Crippen LogP contribution in [-0.2, 0) is 0 Å². The molecule has 0 saturated heterocycles. The van der Waals surface area contributed by atoms with Crippen molar-refractivity contribution in [2.75, 3.05) is 0 Å². The number of nitrogens with one attached hydrogen (secondary N) is 1. The molecule has 0 aliphatic heterocycles. The summed E-state index contributed by atoms with van der Waals surface area (Å²) in [5, 5.41) is 1.16. The van der Waals surface area contributed by atoms with Crippen LogP contribution in [0.1, 0.15) is 15.3 Å². The van der Waals surface area contributed by atoms with E-state index in [-0.39, 0.29) is 1.43 Å². The first-order chi connectivity index (χ1) is 5.47. The van der Waals surface area contributed by atoms with E-state index in [1.54, 1.807) is 6.20 Å². The highest BCUT2D eigenvalue weighted by atomic mass is 14.8.